The number of carbonyl (C=O) groups excluding carboxylic acids is 1. The van der Waals surface area contributed by atoms with Gasteiger partial charge in [-0.2, -0.15) is 0 Å². The molecule has 1 aromatic carbocycles. The number of rotatable bonds is 4. The summed E-state index contributed by atoms with van der Waals surface area (Å²) in [6.45, 7) is 3.70. The lowest BCUT2D eigenvalue weighted by Crippen LogP contribution is -2.00. The number of aromatic hydroxyl groups is 1. The fourth-order valence-electron chi connectivity index (χ4n) is 1.34. The molecule has 0 aliphatic heterocycles. The molecular formula is C11H14O4. The van der Waals surface area contributed by atoms with Crippen LogP contribution in [0.25, 0.3) is 0 Å². The van der Waals surface area contributed by atoms with Crippen LogP contribution in [0.2, 0.25) is 0 Å². The Balaban J connectivity index is 3.24. The largest absolute Gasteiger partial charge is 0.507 e. The first kappa shape index (κ1) is 11.4. The van der Waals surface area contributed by atoms with Crippen LogP contribution in [0, 0.1) is 0 Å². The molecule has 0 unspecified atom stereocenters. The van der Waals surface area contributed by atoms with Crippen LogP contribution in [0.5, 0.6) is 17.2 Å². The summed E-state index contributed by atoms with van der Waals surface area (Å²) in [5.74, 6) is 0.445. The predicted molar refractivity (Wildman–Crippen MR) is 55.8 cm³/mol. The lowest BCUT2D eigenvalue weighted by molar-refractivity contribution is 0.101. The van der Waals surface area contributed by atoms with Gasteiger partial charge in [0, 0.05) is 12.1 Å². The van der Waals surface area contributed by atoms with Crippen molar-refractivity contribution in [1.82, 2.24) is 0 Å². The van der Waals surface area contributed by atoms with Crippen LogP contribution in [-0.2, 0) is 0 Å². The van der Waals surface area contributed by atoms with Crippen LogP contribution in [0.4, 0.5) is 0 Å². The maximum absolute atomic E-state index is 11.2. The fraction of sp³-hybridized carbons (Fsp3) is 0.364. The summed E-state index contributed by atoms with van der Waals surface area (Å²) in [4.78, 5) is 11.2. The van der Waals surface area contributed by atoms with Crippen molar-refractivity contribution in [3.63, 3.8) is 0 Å². The molecule has 0 amide bonds. The monoisotopic (exact) mass is 210 g/mol. The molecule has 0 spiro atoms. The van der Waals surface area contributed by atoms with Crippen molar-refractivity contribution >= 4 is 5.78 Å². The maximum Gasteiger partial charge on any atom is 0.167 e. The van der Waals surface area contributed by atoms with E-state index in [1.165, 1.54) is 20.1 Å². The molecule has 0 aliphatic rings. The summed E-state index contributed by atoms with van der Waals surface area (Å²) in [5.41, 5.74) is 0.181. The zero-order valence-corrected chi connectivity index (χ0v) is 9.03. The standard InChI is InChI=1S/C11H14O4/c1-4-15-8-5-9(13)11(7(2)12)10(6-8)14-3/h5-6,13H,4H2,1-3H3. The van der Waals surface area contributed by atoms with E-state index < -0.39 is 0 Å². The summed E-state index contributed by atoms with van der Waals surface area (Å²) in [5, 5.41) is 9.62. The normalized spacial score (nSPS) is 9.80. The first-order valence-electron chi connectivity index (χ1n) is 4.64. The van der Waals surface area contributed by atoms with Crippen LogP contribution in [-0.4, -0.2) is 24.6 Å². The van der Waals surface area contributed by atoms with E-state index >= 15 is 0 Å². The Kier molecular flexibility index (Phi) is 3.55. The molecule has 0 heterocycles. The first-order valence-corrected chi connectivity index (χ1v) is 4.64. The van der Waals surface area contributed by atoms with E-state index in [0.717, 1.165) is 0 Å². The summed E-state index contributed by atoms with van der Waals surface area (Å²) in [6, 6.07) is 2.99. The van der Waals surface area contributed by atoms with Gasteiger partial charge in [0.1, 0.15) is 22.8 Å². The molecule has 1 N–H and O–H groups in total. The molecule has 4 heteroatoms. The van der Waals surface area contributed by atoms with E-state index in [9.17, 15) is 9.90 Å². The number of ketones is 1. The quantitative estimate of drug-likeness (QED) is 0.772. The van der Waals surface area contributed by atoms with Crippen LogP contribution >= 0.6 is 0 Å². The second kappa shape index (κ2) is 4.68. The van der Waals surface area contributed by atoms with Gasteiger partial charge in [0.15, 0.2) is 5.78 Å². The third kappa shape index (κ3) is 2.40. The minimum absolute atomic E-state index is 0.120. The van der Waals surface area contributed by atoms with Gasteiger partial charge in [0.05, 0.1) is 13.7 Å². The Morgan fingerprint density at radius 3 is 2.60 bits per heavy atom. The molecule has 0 saturated heterocycles. The Morgan fingerprint density at radius 2 is 2.13 bits per heavy atom. The average Bonchev–Trinajstić information content (AvgIpc) is 2.16. The van der Waals surface area contributed by atoms with Gasteiger partial charge in [-0.25, -0.2) is 0 Å². The zero-order chi connectivity index (χ0) is 11.4. The second-order valence-electron chi connectivity index (χ2n) is 3.01. The first-order chi connectivity index (χ1) is 7.10. The fourth-order valence-corrected chi connectivity index (χ4v) is 1.34. The topological polar surface area (TPSA) is 55.8 Å². The summed E-state index contributed by atoms with van der Waals surface area (Å²) in [7, 11) is 1.44. The van der Waals surface area contributed by atoms with E-state index in [1.54, 1.807) is 6.07 Å². The summed E-state index contributed by atoms with van der Waals surface area (Å²) >= 11 is 0. The molecule has 0 radical (unpaired) electrons. The highest BCUT2D eigenvalue weighted by Gasteiger charge is 2.15. The number of benzene rings is 1. The van der Waals surface area contributed by atoms with Crippen molar-refractivity contribution in [1.29, 1.82) is 0 Å². The SMILES string of the molecule is CCOc1cc(O)c(C(C)=O)c(OC)c1. The molecule has 1 rings (SSSR count). The highest BCUT2D eigenvalue weighted by molar-refractivity contribution is 5.99. The smallest absolute Gasteiger partial charge is 0.167 e. The Morgan fingerprint density at radius 1 is 1.47 bits per heavy atom. The average molecular weight is 210 g/mol. The molecule has 0 aliphatic carbocycles. The lowest BCUT2D eigenvalue weighted by atomic mass is 10.1. The van der Waals surface area contributed by atoms with Crippen LogP contribution < -0.4 is 9.47 Å². The number of ether oxygens (including phenoxy) is 2. The van der Waals surface area contributed by atoms with Crippen molar-refractivity contribution in [2.45, 2.75) is 13.8 Å². The molecule has 0 aromatic heterocycles. The van der Waals surface area contributed by atoms with Gasteiger partial charge in [-0.15, -0.1) is 0 Å². The molecule has 0 fully saturated rings. The number of hydrogen-bond donors (Lipinski definition) is 1. The van der Waals surface area contributed by atoms with E-state index in [4.69, 9.17) is 9.47 Å². The second-order valence-corrected chi connectivity index (χ2v) is 3.01. The summed E-state index contributed by atoms with van der Waals surface area (Å²) in [6.07, 6.45) is 0. The Hall–Kier alpha value is -1.71. The predicted octanol–water partition coefficient (Wildman–Crippen LogP) is 2.00. The number of carbonyl (C=O) groups is 1. The maximum atomic E-state index is 11.2. The molecule has 15 heavy (non-hydrogen) atoms. The van der Waals surface area contributed by atoms with E-state index in [-0.39, 0.29) is 17.1 Å². The number of phenols is 1. The van der Waals surface area contributed by atoms with Crippen LogP contribution in [0.1, 0.15) is 24.2 Å². The molecule has 82 valence electrons. The third-order valence-electron chi connectivity index (χ3n) is 1.94. The number of hydrogen-bond acceptors (Lipinski definition) is 4. The Labute approximate surface area is 88.4 Å². The van der Waals surface area contributed by atoms with Gasteiger partial charge in [-0.1, -0.05) is 0 Å². The lowest BCUT2D eigenvalue weighted by Gasteiger charge is -2.10. The highest BCUT2D eigenvalue weighted by atomic mass is 16.5. The van der Waals surface area contributed by atoms with E-state index in [0.29, 0.717) is 18.1 Å². The Bertz CT molecular complexity index is 371. The molecule has 0 atom stereocenters. The molecule has 4 nitrogen and oxygen atoms in total. The van der Waals surface area contributed by atoms with Crippen molar-refractivity contribution in [3.05, 3.63) is 17.7 Å². The minimum atomic E-state index is -0.243. The van der Waals surface area contributed by atoms with Gasteiger partial charge in [0.25, 0.3) is 0 Å². The van der Waals surface area contributed by atoms with Crippen LogP contribution in [0.3, 0.4) is 0 Å². The highest BCUT2D eigenvalue weighted by Crippen LogP contribution is 2.33. The van der Waals surface area contributed by atoms with Crippen molar-refractivity contribution < 1.29 is 19.4 Å². The number of Topliss-reactive ketones (excluding diaryl/α,β-unsaturated/α-hetero) is 1. The van der Waals surface area contributed by atoms with Crippen molar-refractivity contribution in [2.75, 3.05) is 13.7 Å². The van der Waals surface area contributed by atoms with E-state index in [1.807, 2.05) is 6.92 Å². The van der Waals surface area contributed by atoms with Gasteiger partial charge in [0.2, 0.25) is 0 Å². The molecule has 0 saturated carbocycles. The number of methoxy groups -OCH3 is 1. The van der Waals surface area contributed by atoms with E-state index in [2.05, 4.69) is 0 Å². The van der Waals surface area contributed by atoms with Gasteiger partial charge < -0.3 is 14.6 Å². The molecule has 0 bridgehead atoms. The molecule has 1 aromatic rings. The summed E-state index contributed by atoms with van der Waals surface area (Å²) < 4.78 is 10.2. The van der Waals surface area contributed by atoms with Gasteiger partial charge in [-0.05, 0) is 13.8 Å². The minimum Gasteiger partial charge on any atom is -0.507 e. The van der Waals surface area contributed by atoms with Gasteiger partial charge >= 0.3 is 0 Å². The van der Waals surface area contributed by atoms with Crippen molar-refractivity contribution in [2.24, 2.45) is 0 Å². The van der Waals surface area contributed by atoms with Crippen LogP contribution in [0.15, 0.2) is 12.1 Å². The molecular weight excluding hydrogens is 196 g/mol. The third-order valence-corrected chi connectivity index (χ3v) is 1.94. The van der Waals surface area contributed by atoms with Crippen molar-refractivity contribution in [3.8, 4) is 17.2 Å². The zero-order valence-electron chi connectivity index (χ0n) is 9.03. The van der Waals surface area contributed by atoms with Gasteiger partial charge in [-0.3, -0.25) is 4.79 Å². The number of phenolic OH excluding ortho intramolecular Hbond substituents is 1.